The Kier molecular flexibility index (Phi) is 2.99. The van der Waals surface area contributed by atoms with Gasteiger partial charge in [0.2, 0.25) is 0 Å². The van der Waals surface area contributed by atoms with Crippen molar-refractivity contribution in [2.45, 2.75) is 0 Å². The molecule has 4 heteroatoms. The van der Waals surface area contributed by atoms with Crippen LogP contribution in [0.5, 0.6) is 11.5 Å². The lowest BCUT2D eigenvalue weighted by atomic mass is 10.0. The van der Waals surface area contributed by atoms with E-state index in [9.17, 15) is 9.18 Å². The second-order valence-corrected chi connectivity index (χ2v) is 4.33. The molecule has 3 nitrogen and oxygen atoms in total. The van der Waals surface area contributed by atoms with E-state index in [4.69, 9.17) is 9.47 Å². The number of rotatable bonds is 1. The molecule has 0 bridgehead atoms. The van der Waals surface area contributed by atoms with Gasteiger partial charge in [0.15, 0.2) is 0 Å². The lowest BCUT2D eigenvalue weighted by molar-refractivity contribution is -0.133. The van der Waals surface area contributed by atoms with E-state index in [-0.39, 0.29) is 5.57 Å². The van der Waals surface area contributed by atoms with Gasteiger partial charge in [-0.05, 0) is 30.3 Å². The molecule has 2 aromatic carbocycles. The highest BCUT2D eigenvalue weighted by Crippen LogP contribution is 2.38. The van der Waals surface area contributed by atoms with Gasteiger partial charge in [-0.15, -0.1) is 0 Å². The molecule has 2 aromatic rings. The second kappa shape index (κ2) is 4.81. The molecule has 0 spiro atoms. The normalized spacial score (nSPS) is 12.4. The van der Waals surface area contributed by atoms with Crippen LogP contribution >= 0.6 is 0 Å². The van der Waals surface area contributed by atoms with Gasteiger partial charge in [-0.3, -0.25) is 0 Å². The fourth-order valence-electron chi connectivity index (χ4n) is 2.12. The third-order valence-electron chi connectivity index (χ3n) is 3.08. The average Bonchev–Trinajstić information content (AvgIpc) is 2.63. The number of carbonyl (C=O) groups is 1. The fraction of sp³-hybridized carbons (Fsp3) is 0.0625. The first kappa shape index (κ1) is 12.4. The number of benzene rings is 2. The van der Waals surface area contributed by atoms with Gasteiger partial charge >= 0.3 is 5.97 Å². The maximum atomic E-state index is 13.5. The monoisotopic (exact) mass is 270 g/mol. The van der Waals surface area contributed by atoms with Gasteiger partial charge in [-0.1, -0.05) is 18.2 Å². The van der Waals surface area contributed by atoms with E-state index in [2.05, 4.69) is 0 Å². The molecule has 0 saturated heterocycles. The predicted octanol–water partition coefficient (Wildman–Crippen LogP) is 3.65. The van der Waals surface area contributed by atoms with Crippen molar-refractivity contribution >= 4 is 17.6 Å². The summed E-state index contributed by atoms with van der Waals surface area (Å²) in [6, 6.07) is 11.3. The summed E-state index contributed by atoms with van der Waals surface area (Å²) in [5.41, 5.74) is 1.39. The van der Waals surface area contributed by atoms with Crippen LogP contribution in [0.3, 0.4) is 0 Å². The largest absolute Gasteiger partial charge is 0.465 e. The Morgan fingerprint density at radius 1 is 1.15 bits per heavy atom. The zero-order valence-electron chi connectivity index (χ0n) is 10.7. The lowest BCUT2D eigenvalue weighted by Crippen LogP contribution is -2.04. The van der Waals surface area contributed by atoms with E-state index in [1.165, 1.54) is 25.3 Å². The highest BCUT2D eigenvalue weighted by atomic mass is 19.1. The number of esters is 1. The zero-order valence-corrected chi connectivity index (χ0v) is 10.7. The van der Waals surface area contributed by atoms with Gasteiger partial charge < -0.3 is 9.47 Å². The van der Waals surface area contributed by atoms with Crippen molar-refractivity contribution in [1.29, 1.82) is 0 Å². The number of carbonyl (C=O) groups excluding carboxylic acids is 1. The van der Waals surface area contributed by atoms with Crippen LogP contribution in [0.25, 0.3) is 11.6 Å². The summed E-state index contributed by atoms with van der Waals surface area (Å²) in [4.78, 5) is 11.9. The van der Waals surface area contributed by atoms with Crippen molar-refractivity contribution in [1.82, 2.24) is 0 Å². The van der Waals surface area contributed by atoms with E-state index < -0.39 is 11.8 Å². The van der Waals surface area contributed by atoms with Crippen LogP contribution in [0.2, 0.25) is 0 Å². The minimum atomic E-state index is -0.530. The predicted molar refractivity (Wildman–Crippen MR) is 72.8 cm³/mol. The molecule has 0 atom stereocenters. The van der Waals surface area contributed by atoms with Crippen molar-refractivity contribution in [2.75, 3.05) is 7.11 Å². The summed E-state index contributed by atoms with van der Waals surface area (Å²) in [6.07, 6.45) is 1.65. The van der Waals surface area contributed by atoms with Gasteiger partial charge in [0.1, 0.15) is 17.3 Å². The highest BCUT2D eigenvalue weighted by molar-refractivity contribution is 6.22. The molecule has 20 heavy (non-hydrogen) atoms. The number of hydrogen-bond donors (Lipinski definition) is 0. The molecule has 1 aliphatic heterocycles. The van der Waals surface area contributed by atoms with E-state index >= 15 is 0 Å². The summed E-state index contributed by atoms with van der Waals surface area (Å²) >= 11 is 0. The highest BCUT2D eigenvalue weighted by Gasteiger charge is 2.22. The van der Waals surface area contributed by atoms with Gasteiger partial charge in [0, 0.05) is 11.1 Å². The summed E-state index contributed by atoms with van der Waals surface area (Å²) < 4.78 is 24.0. The van der Waals surface area contributed by atoms with Crippen LogP contribution in [0.4, 0.5) is 4.39 Å². The van der Waals surface area contributed by atoms with Crippen LogP contribution in [-0.4, -0.2) is 13.1 Å². The number of para-hydroxylation sites is 1. The van der Waals surface area contributed by atoms with Gasteiger partial charge in [-0.25, -0.2) is 9.18 Å². The molecule has 0 fully saturated rings. The van der Waals surface area contributed by atoms with Crippen LogP contribution in [0, 0.1) is 5.82 Å². The Morgan fingerprint density at radius 3 is 2.75 bits per heavy atom. The summed E-state index contributed by atoms with van der Waals surface area (Å²) in [5.74, 6) is 0.0672. The van der Waals surface area contributed by atoms with Crippen LogP contribution in [-0.2, 0) is 9.53 Å². The molecule has 1 aliphatic rings. The first-order valence-corrected chi connectivity index (χ1v) is 6.06. The second-order valence-electron chi connectivity index (χ2n) is 4.33. The molecule has 0 saturated carbocycles. The molecular weight excluding hydrogens is 259 g/mol. The Balaban J connectivity index is 2.27. The van der Waals surface area contributed by atoms with Crippen LogP contribution in [0.1, 0.15) is 11.1 Å². The molecule has 0 unspecified atom stereocenters. The minimum absolute atomic E-state index is 0.270. The number of ether oxygens (including phenoxy) is 2. The molecule has 3 rings (SSSR count). The maximum Gasteiger partial charge on any atom is 0.338 e. The van der Waals surface area contributed by atoms with Gasteiger partial charge in [0.05, 0.1) is 12.7 Å². The fourth-order valence-corrected chi connectivity index (χ4v) is 2.12. The summed E-state index contributed by atoms with van der Waals surface area (Å²) in [6.45, 7) is 0. The number of methoxy groups -OCH3 is 1. The SMILES string of the molecule is COC(=O)C1=Cc2ccccc2Oc2ccc(F)cc21. The van der Waals surface area contributed by atoms with E-state index in [1.54, 1.807) is 12.1 Å². The van der Waals surface area contributed by atoms with Crippen molar-refractivity contribution in [2.24, 2.45) is 0 Å². The average molecular weight is 270 g/mol. The molecule has 1 heterocycles. The number of hydrogen-bond acceptors (Lipinski definition) is 3. The van der Waals surface area contributed by atoms with Gasteiger partial charge in [0.25, 0.3) is 0 Å². The van der Waals surface area contributed by atoms with E-state index in [1.807, 2.05) is 18.2 Å². The molecule has 100 valence electrons. The molecular formula is C16H11FO3. The molecule has 0 N–H and O–H groups in total. The van der Waals surface area contributed by atoms with Crippen LogP contribution in [0.15, 0.2) is 42.5 Å². The third-order valence-corrected chi connectivity index (χ3v) is 3.08. The van der Waals surface area contributed by atoms with Crippen molar-refractivity contribution in [3.05, 3.63) is 59.4 Å². The number of halogens is 1. The maximum absolute atomic E-state index is 13.5. The van der Waals surface area contributed by atoms with E-state index in [0.717, 1.165) is 5.56 Å². The standard InChI is InChI=1S/C16H11FO3/c1-19-16(18)13-8-10-4-2-3-5-14(10)20-15-7-6-11(17)9-12(13)15/h2-9H,1H3. The van der Waals surface area contributed by atoms with Crippen molar-refractivity contribution in [3.8, 4) is 11.5 Å². The first-order chi connectivity index (χ1) is 9.69. The number of fused-ring (bicyclic) bond motifs is 2. The summed E-state index contributed by atoms with van der Waals surface area (Å²) in [7, 11) is 1.29. The molecule has 0 aromatic heterocycles. The Hall–Kier alpha value is -2.62. The minimum Gasteiger partial charge on any atom is -0.465 e. The smallest absolute Gasteiger partial charge is 0.338 e. The Morgan fingerprint density at radius 2 is 1.95 bits per heavy atom. The van der Waals surface area contributed by atoms with Crippen LogP contribution < -0.4 is 4.74 Å². The molecule has 0 aliphatic carbocycles. The topological polar surface area (TPSA) is 35.5 Å². The quantitative estimate of drug-likeness (QED) is 0.742. The zero-order chi connectivity index (χ0) is 14.1. The van der Waals surface area contributed by atoms with Gasteiger partial charge in [-0.2, -0.15) is 0 Å². The summed E-state index contributed by atoms with van der Waals surface area (Å²) in [5, 5.41) is 0. The molecule has 0 radical (unpaired) electrons. The van der Waals surface area contributed by atoms with E-state index in [0.29, 0.717) is 17.1 Å². The van der Waals surface area contributed by atoms with Crippen molar-refractivity contribution in [3.63, 3.8) is 0 Å². The first-order valence-electron chi connectivity index (χ1n) is 6.06. The lowest BCUT2D eigenvalue weighted by Gasteiger charge is -2.10. The third kappa shape index (κ3) is 2.05. The Bertz CT molecular complexity index is 719. The molecule has 0 amide bonds. The van der Waals surface area contributed by atoms with Crippen molar-refractivity contribution < 1.29 is 18.7 Å². The Labute approximate surface area is 115 Å².